The van der Waals surface area contributed by atoms with Crippen LogP contribution in [0.4, 0.5) is 23.8 Å². The highest BCUT2D eigenvalue weighted by atomic mass is 32.1. The van der Waals surface area contributed by atoms with Gasteiger partial charge in [0.1, 0.15) is 23.0 Å². The van der Waals surface area contributed by atoms with Crippen LogP contribution in [-0.4, -0.2) is 67.5 Å². The molecule has 202 valence electrons. The number of hydrogen-bond acceptors (Lipinski definition) is 9. The number of alkyl halides is 3. The second-order valence-electron chi connectivity index (χ2n) is 7.64. The molecule has 12 nitrogen and oxygen atoms in total. The van der Waals surface area contributed by atoms with Crippen LogP contribution in [0.15, 0.2) is 23.8 Å². The molecule has 38 heavy (non-hydrogen) atoms. The fourth-order valence-corrected chi connectivity index (χ4v) is 4.04. The number of carboxylic acid groups (broad SMARTS) is 2. The first-order chi connectivity index (χ1) is 17.8. The van der Waals surface area contributed by atoms with E-state index in [4.69, 9.17) is 4.74 Å². The number of ether oxygens (including phenoxy) is 1. The van der Waals surface area contributed by atoms with Crippen LogP contribution in [0.3, 0.4) is 0 Å². The van der Waals surface area contributed by atoms with Crippen molar-refractivity contribution in [3.05, 3.63) is 40.7 Å². The lowest BCUT2D eigenvalue weighted by Crippen LogP contribution is -2.29. The zero-order valence-corrected chi connectivity index (χ0v) is 20.5. The van der Waals surface area contributed by atoms with Gasteiger partial charge in [0, 0.05) is 41.0 Å². The lowest BCUT2D eigenvalue weighted by molar-refractivity contribution is -0.140. The number of carbonyl (C=O) groups excluding carboxylic acids is 1. The summed E-state index contributed by atoms with van der Waals surface area (Å²) in [5, 5.41) is 34.0. The molecule has 3 aromatic heterocycles. The van der Waals surface area contributed by atoms with E-state index in [1.807, 2.05) is 0 Å². The molecule has 0 saturated carbocycles. The number of carboxylic acids is 2. The van der Waals surface area contributed by atoms with E-state index in [0.29, 0.717) is 16.7 Å². The number of rotatable bonds is 9. The number of nitrogens with zero attached hydrogens (tertiary/aromatic N) is 3. The highest BCUT2D eigenvalue weighted by molar-refractivity contribution is 7.13. The van der Waals surface area contributed by atoms with Crippen molar-refractivity contribution in [1.29, 1.82) is 0 Å². The number of aromatic nitrogens is 3. The van der Waals surface area contributed by atoms with E-state index < -0.39 is 57.9 Å². The summed E-state index contributed by atoms with van der Waals surface area (Å²) in [4.78, 5) is 47.6. The normalized spacial score (nSPS) is 12.1. The Morgan fingerprint density at radius 3 is 2.39 bits per heavy atom. The van der Waals surface area contributed by atoms with Gasteiger partial charge in [-0.3, -0.25) is 5.32 Å². The summed E-state index contributed by atoms with van der Waals surface area (Å²) in [5.74, 6) is -3.83. The summed E-state index contributed by atoms with van der Waals surface area (Å²) in [6.07, 6.45) is -3.85. The molecule has 0 aromatic carbocycles. The number of anilines is 1. The third-order valence-electron chi connectivity index (χ3n) is 4.72. The number of carbonyl (C=O) groups is 3. The van der Waals surface area contributed by atoms with Gasteiger partial charge in [0.05, 0.1) is 11.7 Å². The molecule has 0 aliphatic carbocycles. The average Bonchev–Trinajstić information content (AvgIpc) is 3.33. The molecule has 0 saturated heterocycles. The van der Waals surface area contributed by atoms with Crippen LogP contribution < -0.4 is 15.4 Å². The maximum absolute atomic E-state index is 13.3. The van der Waals surface area contributed by atoms with Gasteiger partial charge in [0.15, 0.2) is 5.69 Å². The van der Waals surface area contributed by atoms with Gasteiger partial charge in [-0.1, -0.05) is 0 Å². The average molecular weight is 555 g/mol. The Kier molecular flexibility index (Phi) is 8.47. The number of thiazole rings is 1. The maximum atomic E-state index is 13.3. The molecule has 5 N–H and O–H groups in total. The number of aromatic carboxylic acids is 2. The Balaban J connectivity index is 2.38. The first-order valence-corrected chi connectivity index (χ1v) is 11.6. The Morgan fingerprint density at radius 2 is 1.84 bits per heavy atom. The molecule has 0 radical (unpaired) electrons. The Labute approximate surface area is 216 Å². The molecule has 0 spiro atoms. The number of hydrogen-bond donors (Lipinski definition) is 5. The smallest absolute Gasteiger partial charge is 0.434 e. The van der Waals surface area contributed by atoms with E-state index in [-0.39, 0.29) is 35.7 Å². The topological polar surface area (TPSA) is 184 Å². The quantitative estimate of drug-likeness (QED) is 0.261. The third-order valence-corrected chi connectivity index (χ3v) is 5.58. The van der Waals surface area contributed by atoms with Gasteiger partial charge in [0.2, 0.25) is 5.88 Å². The standard InChI is InChI=1S/C22H20F3N5O7S/c1-3-26-21(36)30-16-15(20(34)35)14(18-29-13(8-38-18)22(23,24)25)12(6-27-16)11-4-10(19(32)33)5-28-17(11)37-7-9(2)31/h4-6,8-9,31H,3,7H2,1-2H3,(H,32,33)(H,34,35)(H2,26,27,30,36)/t9-/m1/s1. The molecular formula is C22H20F3N5O7S. The largest absolute Gasteiger partial charge is 0.478 e. The van der Waals surface area contributed by atoms with E-state index in [1.165, 1.54) is 6.92 Å². The molecule has 0 unspecified atom stereocenters. The molecule has 0 fully saturated rings. The SMILES string of the molecule is CCNC(=O)Nc1ncc(-c2cc(C(=O)O)cnc2OC[C@@H](C)O)c(-c2nc(C(F)(F)F)cs2)c1C(=O)O. The Hall–Kier alpha value is -4.31. The molecule has 16 heteroatoms. The lowest BCUT2D eigenvalue weighted by atomic mass is 9.97. The number of pyridine rings is 2. The number of amides is 2. The Morgan fingerprint density at radius 1 is 1.13 bits per heavy atom. The van der Waals surface area contributed by atoms with E-state index in [0.717, 1.165) is 18.5 Å². The van der Waals surface area contributed by atoms with Crippen LogP contribution >= 0.6 is 11.3 Å². The highest BCUT2D eigenvalue weighted by Crippen LogP contribution is 2.43. The molecule has 1 atom stereocenters. The number of aliphatic hydroxyl groups is 1. The third kappa shape index (κ3) is 6.33. The van der Waals surface area contributed by atoms with Crippen LogP contribution in [0.1, 0.15) is 40.3 Å². The van der Waals surface area contributed by atoms with Crippen LogP contribution in [-0.2, 0) is 6.18 Å². The fraction of sp³-hybridized carbons (Fsp3) is 0.273. The molecule has 0 bridgehead atoms. The molecule has 3 heterocycles. The second-order valence-corrected chi connectivity index (χ2v) is 8.50. The summed E-state index contributed by atoms with van der Waals surface area (Å²) >= 11 is 0.474. The lowest BCUT2D eigenvalue weighted by Gasteiger charge is -2.18. The Bertz CT molecular complexity index is 1380. The van der Waals surface area contributed by atoms with Crippen molar-refractivity contribution >= 4 is 35.1 Å². The number of urea groups is 1. The van der Waals surface area contributed by atoms with E-state index in [1.54, 1.807) is 6.92 Å². The van der Waals surface area contributed by atoms with E-state index >= 15 is 0 Å². The van der Waals surface area contributed by atoms with Crippen molar-refractivity contribution in [2.45, 2.75) is 26.1 Å². The molecule has 3 rings (SSSR count). The van der Waals surface area contributed by atoms with Gasteiger partial charge in [-0.25, -0.2) is 29.3 Å². The first kappa shape index (κ1) is 28.3. The van der Waals surface area contributed by atoms with Gasteiger partial charge in [-0.15, -0.1) is 11.3 Å². The van der Waals surface area contributed by atoms with Gasteiger partial charge in [0.25, 0.3) is 0 Å². The minimum atomic E-state index is -4.84. The van der Waals surface area contributed by atoms with Crippen LogP contribution in [0, 0.1) is 0 Å². The predicted octanol–water partition coefficient (Wildman–Crippen LogP) is 3.58. The maximum Gasteiger partial charge on any atom is 0.434 e. The molecular weight excluding hydrogens is 535 g/mol. The number of aliphatic hydroxyl groups excluding tert-OH is 1. The van der Waals surface area contributed by atoms with Crippen molar-refractivity contribution in [3.63, 3.8) is 0 Å². The zero-order valence-electron chi connectivity index (χ0n) is 19.7. The molecule has 0 aliphatic rings. The van der Waals surface area contributed by atoms with Crippen molar-refractivity contribution < 1.29 is 47.6 Å². The zero-order chi connectivity index (χ0) is 28.2. The first-order valence-electron chi connectivity index (χ1n) is 10.7. The summed E-state index contributed by atoms with van der Waals surface area (Å²) in [6.45, 7) is 2.88. The van der Waals surface area contributed by atoms with Crippen molar-refractivity contribution in [3.8, 4) is 27.6 Å². The van der Waals surface area contributed by atoms with Crippen LogP contribution in [0.5, 0.6) is 5.88 Å². The minimum absolute atomic E-state index is 0.149. The van der Waals surface area contributed by atoms with Crippen molar-refractivity contribution in [2.75, 3.05) is 18.5 Å². The molecule has 0 aliphatic heterocycles. The summed E-state index contributed by atoms with van der Waals surface area (Å²) in [5.41, 5.74) is -3.10. The summed E-state index contributed by atoms with van der Waals surface area (Å²) in [6, 6.07) is 0.236. The molecule has 3 aromatic rings. The van der Waals surface area contributed by atoms with E-state index in [2.05, 4.69) is 25.6 Å². The summed E-state index contributed by atoms with van der Waals surface area (Å²) in [7, 11) is 0. The van der Waals surface area contributed by atoms with Crippen LogP contribution in [0.25, 0.3) is 21.7 Å². The van der Waals surface area contributed by atoms with E-state index in [9.17, 15) is 42.9 Å². The monoisotopic (exact) mass is 555 g/mol. The van der Waals surface area contributed by atoms with Crippen molar-refractivity contribution in [1.82, 2.24) is 20.3 Å². The van der Waals surface area contributed by atoms with Gasteiger partial charge < -0.3 is 25.4 Å². The number of nitrogens with one attached hydrogen (secondary N) is 2. The van der Waals surface area contributed by atoms with Crippen molar-refractivity contribution in [2.24, 2.45) is 0 Å². The predicted molar refractivity (Wildman–Crippen MR) is 127 cm³/mol. The second kappa shape index (κ2) is 11.4. The van der Waals surface area contributed by atoms with Gasteiger partial charge >= 0.3 is 24.1 Å². The number of halogens is 3. The van der Waals surface area contributed by atoms with Gasteiger partial charge in [-0.05, 0) is 19.9 Å². The van der Waals surface area contributed by atoms with Gasteiger partial charge in [-0.2, -0.15) is 13.2 Å². The summed E-state index contributed by atoms with van der Waals surface area (Å²) < 4.78 is 45.5. The van der Waals surface area contributed by atoms with Crippen LogP contribution in [0.2, 0.25) is 0 Å². The molecule has 2 amide bonds. The minimum Gasteiger partial charge on any atom is -0.478 e. The fourth-order valence-electron chi connectivity index (χ4n) is 3.15. The highest BCUT2D eigenvalue weighted by Gasteiger charge is 2.35.